The lowest BCUT2D eigenvalue weighted by molar-refractivity contribution is 1.04. The third kappa shape index (κ3) is 2.48. The Bertz CT molecular complexity index is 939. The van der Waals surface area contributed by atoms with Gasteiger partial charge in [-0.1, -0.05) is 91.0 Å². The van der Waals surface area contributed by atoms with Gasteiger partial charge in [0.15, 0.2) is 0 Å². The highest BCUT2D eigenvalue weighted by Gasteiger charge is 2.17. The lowest BCUT2D eigenvalue weighted by Gasteiger charge is -2.10. The molecule has 0 bridgehead atoms. The van der Waals surface area contributed by atoms with E-state index in [-0.39, 0.29) is 0 Å². The van der Waals surface area contributed by atoms with Gasteiger partial charge in [0.25, 0.3) is 0 Å². The van der Waals surface area contributed by atoms with Crippen LogP contribution in [0.25, 0.3) is 33.6 Å². The van der Waals surface area contributed by atoms with Crippen molar-refractivity contribution in [3.63, 3.8) is 0 Å². The van der Waals surface area contributed by atoms with Crippen LogP contribution < -0.4 is 5.84 Å². The molecule has 4 rings (SSSR count). The molecule has 1 heterocycles. The van der Waals surface area contributed by atoms with Gasteiger partial charge in [-0.3, -0.25) is 4.68 Å². The summed E-state index contributed by atoms with van der Waals surface area (Å²) < 4.78 is 1.80. The van der Waals surface area contributed by atoms with Gasteiger partial charge in [0.2, 0.25) is 0 Å². The molecule has 1 aromatic heterocycles. The summed E-state index contributed by atoms with van der Waals surface area (Å²) in [7, 11) is 0. The smallest absolute Gasteiger partial charge is 0.0775 e. The molecule has 0 amide bonds. The van der Waals surface area contributed by atoms with Crippen LogP contribution in [-0.4, -0.2) is 4.68 Å². The Balaban J connectivity index is 1.99. The average molecular weight is 310 g/mol. The average Bonchev–Trinajstić information content (AvgIpc) is 3.01. The number of hydrogen-bond donors (Lipinski definition) is 1. The fraction of sp³-hybridized carbons (Fsp3) is 0. The van der Waals surface area contributed by atoms with Gasteiger partial charge in [0, 0.05) is 16.7 Å². The van der Waals surface area contributed by atoms with Crippen LogP contribution in [0.5, 0.6) is 0 Å². The number of benzene rings is 3. The van der Waals surface area contributed by atoms with Crippen LogP contribution in [0.2, 0.25) is 0 Å². The Hall–Kier alpha value is -3.26. The largest absolute Gasteiger partial charge is 0.339 e. The van der Waals surface area contributed by atoms with E-state index in [9.17, 15) is 0 Å². The molecule has 116 valence electrons. The lowest BCUT2D eigenvalue weighted by Crippen LogP contribution is -2.11. The minimum Gasteiger partial charge on any atom is -0.339 e. The fourth-order valence-electron chi connectivity index (χ4n) is 3.08. The van der Waals surface area contributed by atoms with Crippen molar-refractivity contribution >= 4 is 0 Å². The Morgan fingerprint density at radius 3 is 1.54 bits per heavy atom. The predicted molar refractivity (Wildman–Crippen MR) is 101 cm³/mol. The van der Waals surface area contributed by atoms with E-state index in [1.165, 1.54) is 0 Å². The van der Waals surface area contributed by atoms with Crippen molar-refractivity contribution in [3.05, 3.63) is 97.1 Å². The van der Waals surface area contributed by atoms with Crippen LogP contribution in [0.4, 0.5) is 0 Å². The first-order valence-electron chi connectivity index (χ1n) is 8.01. The van der Waals surface area contributed by atoms with Crippen LogP contribution in [0.15, 0.2) is 97.1 Å². The van der Waals surface area contributed by atoms with E-state index in [0.717, 1.165) is 33.6 Å². The van der Waals surface area contributed by atoms with Crippen molar-refractivity contribution in [2.24, 2.45) is 0 Å². The number of nitrogen functional groups attached to an aromatic ring is 1. The first-order chi connectivity index (χ1) is 11.8. The van der Waals surface area contributed by atoms with Crippen molar-refractivity contribution in [1.82, 2.24) is 4.68 Å². The molecule has 0 radical (unpaired) electrons. The molecule has 0 saturated heterocycles. The second-order valence-corrected chi connectivity index (χ2v) is 5.76. The molecule has 2 nitrogen and oxygen atoms in total. The van der Waals surface area contributed by atoms with E-state index in [2.05, 4.69) is 54.6 Å². The third-order valence-corrected chi connectivity index (χ3v) is 4.24. The zero-order chi connectivity index (χ0) is 16.4. The van der Waals surface area contributed by atoms with Crippen molar-refractivity contribution in [1.29, 1.82) is 0 Å². The number of nitrogens with two attached hydrogens (primary N) is 1. The Labute approximate surface area is 141 Å². The molecule has 2 heteroatoms. The predicted octanol–water partition coefficient (Wildman–Crippen LogP) is 5.20. The van der Waals surface area contributed by atoms with E-state index in [1.807, 2.05) is 42.5 Å². The topological polar surface area (TPSA) is 30.9 Å². The zero-order valence-electron chi connectivity index (χ0n) is 13.3. The molecule has 0 aliphatic rings. The number of rotatable bonds is 3. The normalized spacial score (nSPS) is 10.7. The molecule has 0 fully saturated rings. The molecule has 2 N–H and O–H groups in total. The van der Waals surface area contributed by atoms with Gasteiger partial charge >= 0.3 is 0 Å². The van der Waals surface area contributed by atoms with Crippen molar-refractivity contribution < 1.29 is 0 Å². The Kier molecular flexibility index (Phi) is 3.64. The first kappa shape index (κ1) is 14.3. The SMILES string of the molecule is Nn1c(-c2ccccc2)cc(-c2ccccc2)c1-c1ccccc1. The van der Waals surface area contributed by atoms with Crippen molar-refractivity contribution in [2.45, 2.75) is 0 Å². The quantitative estimate of drug-likeness (QED) is 0.518. The van der Waals surface area contributed by atoms with Gasteiger partial charge in [0.05, 0.1) is 11.4 Å². The van der Waals surface area contributed by atoms with Gasteiger partial charge < -0.3 is 5.84 Å². The van der Waals surface area contributed by atoms with Gasteiger partial charge in [-0.25, -0.2) is 0 Å². The van der Waals surface area contributed by atoms with Crippen LogP contribution >= 0.6 is 0 Å². The standard InChI is InChI=1S/C22H18N2/c23-24-21(18-12-6-2-7-13-18)16-20(17-10-4-1-5-11-17)22(24)19-14-8-3-9-15-19/h1-16H,23H2. The maximum Gasteiger partial charge on any atom is 0.0775 e. The Morgan fingerprint density at radius 1 is 0.542 bits per heavy atom. The number of hydrogen-bond acceptors (Lipinski definition) is 1. The monoisotopic (exact) mass is 310 g/mol. The second-order valence-electron chi connectivity index (χ2n) is 5.76. The van der Waals surface area contributed by atoms with Gasteiger partial charge in [0.1, 0.15) is 0 Å². The van der Waals surface area contributed by atoms with Crippen molar-refractivity contribution in [2.75, 3.05) is 5.84 Å². The first-order valence-corrected chi connectivity index (χ1v) is 8.01. The highest BCUT2D eigenvalue weighted by molar-refractivity contribution is 5.86. The molecule has 4 aromatic rings. The summed E-state index contributed by atoms with van der Waals surface area (Å²) in [6, 6.07) is 33.1. The highest BCUT2D eigenvalue weighted by Crippen LogP contribution is 2.37. The fourth-order valence-corrected chi connectivity index (χ4v) is 3.08. The second kappa shape index (κ2) is 6.09. The van der Waals surface area contributed by atoms with E-state index < -0.39 is 0 Å². The molecular formula is C22H18N2. The highest BCUT2D eigenvalue weighted by atomic mass is 15.3. The van der Waals surface area contributed by atoms with Gasteiger partial charge in [-0.2, -0.15) is 0 Å². The van der Waals surface area contributed by atoms with E-state index in [1.54, 1.807) is 4.68 Å². The summed E-state index contributed by atoms with van der Waals surface area (Å²) >= 11 is 0. The molecule has 3 aromatic carbocycles. The molecule has 0 unspecified atom stereocenters. The number of aromatic nitrogens is 1. The minimum atomic E-state index is 1.01. The molecular weight excluding hydrogens is 292 g/mol. The summed E-state index contributed by atoms with van der Waals surface area (Å²) in [5, 5.41) is 0. The zero-order valence-corrected chi connectivity index (χ0v) is 13.3. The van der Waals surface area contributed by atoms with Gasteiger partial charge in [-0.05, 0) is 11.6 Å². The van der Waals surface area contributed by atoms with Crippen LogP contribution in [0, 0.1) is 0 Å². The lowest BCUT2D eigenvalue weighted by atomic mass is 10.0. The van der Waals surface area contributed by atoms with Crippen LogP contribution in [0.3, 0.4) is 0 Å². The molecule has 0 spiro atoms. The molecule has 0 aliphatic carbocycles. The van der Waals surface area contributed by atoms with E-state index >= 15 is 0 Å². The van der Waals surface area contributed by atoms with Crippen molar-refractivity contribution in [3.8, 4) is 33.6 Å². The summed E-state index contributed by atoms with van der Waals surface area (Å²) in [4.78, 5) is 0. The summed E-state index contributed by atoms with van der Waals surface area (Å²) in [5.74, 6) is 6.52. The van der Waals surface area contributed by atoms with Crippen LogP contribution in [0.1, 0.15) is 0 Å². The van der Waals surface area contributed by atoms with Crippen LogP contribution in [-0.2, 0) is 0 Å². The summed E-state index contributed by atoms with van der Waals surface area (Å²) in [6.07, 6.45) is 0. The van der Waals surface area contributed by atoms with E-state index in [0.29, 0.717) is 0 Å². The molecule has 0 atom stereocenters. The maximum absolute atomic E-state index is 6.52. The summed E-state index contributed by atoms with van der Waals surface area (Å²) in [5.41, 5.74) is 6.57. The minimum absolute atomic E-state index is 1.01. The third-order valence-electron chi connectivity index (χ3n) is 4.24. The van der Waals surface area contributed by atoms with E-state index in [4.69, 9.17) is 5.84 Å². The number of nitrogens with zero attached hydrogens (tertiary/aromatic N) is 1. The van der Waals surface area contributed by atoms with Gasteiger partial charge in [-0.15, -0.1) is 0 Å². The Morgan fingerprint density at radius 2 is 1.00 bits per heavy atom. The molecule has 0 saturated carbocycles. The summed E-state index contributed by atoms with van der Waals surface area (Å²) in [6.45, 7) is 0. The maximum atomic E-state index is 6.52. The molecule has 0 aliphatic heterocycles. The molecule has 24 heavy (non-hydrogen) atoms.